The lowest BCUT2D eigenvalue weighted by Gasteiger charge is -2.12. The number of nitro groups is 1. The van der Waals surface area contributed by atoms with Gasteiger partial charge in [-0.3, -0.25) is 10.1 Å². The number of hydrogen-bond acceptors (Lipinski definition) is 6. The summed E-state index contributed by atoms with van der Waals surface area (Å²) in [5.74, 6) is 0.578. The molecule has 0 saturated heterocycles. The van der Waals surface area contributed by atoms with Gasteiger partial charge in [0.15, 0.2) is 6.79 Å². The quantitative estimate of drug-likeness (QED) is 0.305. The van der Waals surface area contributed by atoms with Crippen molar-refractivity contribution in [1.29, 1.82) is 0 Å². The Bertz CT molecular complexity index is 425. The summed E-state index contributed by atoms with van der Waals surface area (Å²) < 4.78 is 15.5. The molecule has 0 atom stereocenters. The Morgan fingerprint density at radius 2 is 2.20 bits per heavy atom. The monoisotopic (exact) mass is 284 g/mol. The van der Waals surface area contributed by atoms with E-state index < -0.39 is 4.92 Å². The summed E-state index contributed by atoms with van der Waals surface area (Å²) in [5, 5.41) is 13.9. The summed E-state index contributed by atoms with van der Waals surface area (Å²) in [6, 6.07) is 4.51. The van der Waals surface area contributed by atoms with E-state index in [1.807, 2.05) is 6.92 Å². The standard InChI is InChI=1S/C13H20N2O5/c1-3-19-10-20-13-5-4-12(15(16)17)8-11(13)9-14-6-7-18-2/h4-5,8,14H,3,6-7,9-10H2,1-2H3. The van der Waals surface area contributed by atoms with Crippen molar-refractivity contribution in [3.05, 3.63) is 33.9 Å². The highest BCUT2D eigenvalue weighted by Gasteiger charge is 2.11. The van der Waals surface area contributed by atoms with E-state index in [1.165, 1.54) is 12.1 Å². The van der Waals surface area contributed by atoms with Crippen LogP contribution in [-0.4, -0.2) is 38.6 Å². The summed E-state index contributed by atoms with van der Waals surface area (Å²) in [4.78, 5) is 10.4. The van der Waals surface area contributed by atoms with Gasteiger partial charge in [0.2, 0.25) is 0 Å². The van der Waals surface area contributed by atoms with E-state index in [1.54, 1.807) is 13.2 Å². The Kier molecular flexibility index (Phi) is 7.56. The Hall–Kier alpha value is -1.70. The molecule has 0 fully saturated rings. The molecule has 0 saturated carbocycles. The molecule has 1 rings (SSSR count). The molecule has 1 aromatic carbocycles. The van der Waals surface area contributed by atoms with E-state index in [4.69, 9.17) is 14.2 Å². The molecule has 0 spiro atoms. The Morgan fingerprint density at radius 1 is 1.40 bits per heavy atom. The molecule has 7 heteroatoms. The van der Waals surface area contributed by atoms with Crippen LogP contribution < -0.4 is 10.1 Å². The van der Waals surface area contributed by atoms with Crippen molar-refractivity contribution in [2.75, 3.05) is 33.7 Å². The van der Waals surface area contributed by atoms with Crippen molar-refractivity contribution < 1.29 is 19.1 Å². The summed E-state index contributed by atoms with van der Waals surface area (Å²) in [5.41, 5.74) is 0.757. The van der Waals surface area contributed by atoms with Crippen molar-refractivity contribution in [3.63, 3.8) is 0 Å². The number of rotatable bonds is 10. The fourth-order valence-corrected chi connectivity index (χ4v) is 1.54. The average Bonchev–Trinajstić information content (AvgIpc) is 2.44. The van der Waals surface area contributed by atoms with Gasteiger partial charge in [0.05, 0.1) is 11.5 Å². The predicted octanol–water partition coefficient (Wildman–Crippen LogP) is 1.70. The molecule has 112 valence electrons. The lowest BCUT2D eigenvalue weighted by molar-refractivity contribution is -0.384. The van der Waals surface area contributed by atoms with Crippen LogP contribution in [0.1, 0.15) is 12.5 Å². The minimum atomic E-state index is -0.426. The normalized spacial score (nSPS) is 10.5. The lowest BCUT2D eigenvalue weighted by Crippen LogP contribution is -2.19. The molecule has 0 aliphatic heterocycles. The van der Waals surface area contributed by atoms with Gasteiger partial charge in [0.1, 0.15) is 5.75 Å². The number of nitro benzene ring substituents is 1. The van der Waals surface area contributed by atoms with Crippen molar-refractivity contribution in [2.45, 2.75) is 13.5 Å². The van der Waals surface area contributed by atoms with Crippen LogP contribution in [0.5, 0.6) is 5.75 Å². The summed E-state index contributed by atoms with van der Waals surface area (Å²) >= 11 is 0. The van der Waals surface area contributed by atoms with Gasteiger partial charge in [-0.05, 0) is 13.0 Å². The molecule has 1 aromatic rings. The first-order valence-electron chi connectivity index (χ1n) is 6.36. The molecule has 0 amide bonds. The van der Waals surface area contributed by atoms with Crippen LogP contribution in [-0.2, 0) is 16.0 Å². The second-order valence-electron chi connectivity index (χ2n) is 3.97. The molecule has 7 nitrogen and oxygen atoms in total. The first-order valence-corrected chi connectivity index (χ1v) is 6.36. The zero-order valence-electron chi connectivity index (χ0n) is 11.8. The van der Waals surface area contributed by atoms with Gasteiger partial charge >= 0.3 is 0 Å². The molecule has 0 bridgehead atoms. The van der Waals surface area contributed by atoms with E-state index in [-0.39, 0.29) is 12.5 Å². The van der Waals surface area contributed by atoms with Gasteiger partial charge in [-0.1, -0.05) is 0 Å². The van der Waals surface area contributed by atoms with Crippen LogP contribution in [0.3, 0.4) is 0 Å². The highest BCUT2D eigenvalue weighted by molar-refractivity contribution is 5.43. The van der Waals surface area contributed by atoms with Gasteiger partial charge < -0.3 is 19.5 Å². The summed E-state index contributed by atoms with van der Waals surface area (Å²) in [7, 11) is 1.62. The van der Waals surface area contributed by atoms with Crippen LogP contribution in [0.4, 0.5) is 5.69 Å². The number of ether oxygens (including phenoxy) is 3. The maximum absolute atomic E-state index is 10.8. The third kappa shape index (κ3) is 5.52. The molecule has 0 aromatic heterocycles. The molecule has 0 radical (unpaired) electrons. The van der Waals surface area contributed by atoms with Crippen LogP contribution in [0, 0.1) is 10.1 Å². The zero-order chi connectivity index (χ0) is 14.8. The number of nitrogens with zero attached hydrogens (tertiary/aromatic N) is 1. The third-order valence-corrected chi connectivity index (χ3v) is 2.56. The summed E-state index contributed by atoms with van der Waals surface area (Å²) in [6.45, 7) is 4.24. The van der Waals surface area contributed by atoms with Crippen molar-refractivity contribution in [1.82, 2.24) is 5.32 Å². The van der Waals surface area contributed by atoms with Gasteiger partial charge in [-0.2, -0.15) is 0 Å². The van der Waals surface area contributed by atoms with Gasteiger partial charge in [0.25, 0.3) is 5.69 Å². The van der Waals surface area contributed by atoms with Crippen molar-refractivity contribution in [3.8, 4) is 5.75 Å². The van der Waals surface area contributed by atoms with E-state index >= 15 is 0 Å². The molecule has 0 aliphatic carbocycles. The van der Waals surface area contributed by atoms with Gasteiger partial charge in [0, 0.05) is 44.5 Å². The van der Waals surface area contributed by atoms with E-state index in [0.717, 1.165) is 5.56 Å². The first kappa shape index (κ1) is 16.4. The maximum Gasteiger partial charge on any atom is 0.270 e. The number of nitrogens with one attached hydrogen (secondary N) is 1. The first-order chi connectivity index (χ1) is 9.69. The van der Waals surface area contributed by atoms with Crippen LogP contribution in [0.2, 0.25) is 0 Å². The van der Waals surface area contributed by atoms with Crippen molar-refractivity contribution in [2.24, 2.45) is 0 Å². The fourth-order valence-electron chi connectivity index (χ4n) is 1.54. The van der Waals surface area contributed by atoms with E-state index in [0.29, 0.717) is 32.1 Å². The average molecular weight is 284 g/mol. The molecule has 1 N–H and O–H groups in total. The number of methoxy groups -OCH3 is 1. The largest absolute Gasteiger partial charge is 0.467 e. The van der Waals surface area contributed by atoms with Gasteiger partial charge in [-0.15, -0.1) is 0 Å². The second kappa shape index (κ2) is 9.24. The van der Waals surface area contributed by atoms with Crippen molar-refractivity contribution >= 4 is 5.69 Å². The summed E-state index contributed by atoms with van der Waals surface area (Å²) in [6.07, 6.45) is 0. The predicted molar refractivity (Wildman–Crippen MR) is 73.8 cm³/mol. The minimum Gasteiger partial charge on any atom is -0.467 e. The smallest absolute Gasteiger partial charge is 0.270 e. The maximum atomic E-state index is 10.8. The van der Waals surface area contributed by atoms with Gasteiger partial charge in [-0.25, -0.2) is 0 Å². The minimum absolute atomic E-state index is 0.0392. The third-order valence-electron chi connectivity index (χ3n) is 2.56. The zero-order valence-corrected chi connectivity index (χ0v) is 11.8. The van der Waals surface area contributed by atoms with Crippen LogP contribution in [0.15, 0.2) is 18.2 Å². The number of hydrogen-bond donors (Lipinski definition) is 1. The molecular weight excluding hydrogens is 264 g/mol. The van der Waals surface area contributed by atoms with E-state index in [2.05, 4.69) is 5.32 Å². The number of benzene rings is 1. The lowest BCUT2D eigenvalue weighted by atomic mass is 10.1. The Morgan fingerprint density at radius 3 is 2.85 bits per heavy atom. The topological polar surface area (TPSA) is 82.9 Å². The van der Waals surface area contributed by atoms with E-state index in [9.17, 15) is 10.1 Å². The molecule has 0 heterocycles. The SMILES string of the molecule is CCOCOc1ccc([N+](=O)[O-])cc1CNCCOC. The Balaban J connectivity index is 2.72. The van der Waals surface area contributed by atoms with Crippen LogP contribution in [0.25, 0.3) is 0 Å². The molecule has 0 unspecified atom stereocenters. The highest BCUT2D eigenvalue weighted by atomic mass is 16.7. The number of non-ortho nitro benzene ring substituents is 1. The Labute approximate surface area is 118 Å². The molecular formula is C13H20N2O5. The highest BCUT2D eigenvalue weighted by Crippen LogP contribution is 2.24. The fraction of sp³-hybridized carbons (Fsp3) is 0.538. The van der Waals surface area contributed by atoms with Crippen LogP contribution >= 0.6 is 0 Å². The molecule has 20 heavy (non-hydrogen) atoms. The molecule has 0 aliphatic rings. The second-order valence-corrected chi connectivity index (χ2v) is 3.97.